The Kier molecular flexibility index (Phi) is 4.51. The van der Waals surface area contributed by atoms with Crippen molar-refractivity contribution in [2.24, 2.45) is 23.2 Å². The molecule has 0 amide bonds. The summed E-state index contributed by atoms with van der Waals surface area (Å²) in [6.07, 6.45) is 7.37. The number of hydrogen-bond acceptors (Lipinski definition) is 5. The zero-order chi connectivity index (χ0) is 19.6. The van der Waals surface area contributed by atoms with E-state index in [4.69, 9.17) is 4.98 Å². The van der Waals surface area contributed by atoms with Crippen molar-refractivity contribution in [2.45, 2.75) is 71.0 Å². The highest BCUT2D eigenvalue weighted by molar-refractivity contribution is 7.99. The van der Waals surface area contributed by atoms with E-state index in [1.807, 2.05) is 20.8 Å². The average molecular weight is 417 g/mol. The van der Waals surface area contributed by atoms with Crippen molar-refractivity contribution in [2.75, 3.05) is 5.75 Å². The minimum Gasteiger partial charge on any atom is -0.298 e. The van der Waals surface area contributed by atoms with Gasteiger partial charge < -0.3 is 0 Å². The molecule has 6 heteroatoms. The SMILES string of the molecule is CCn1c(SCC(=O)C23CC4CC(CC(C4)C2)C3)nc2sc(C)c(C)c2c1=O. The molecule has 0 spiro atoms. The fourth-order valence-corrected chi connectivity index (χ4v) is 8.60. The van der Waals surface area contributed by atoms with Crippen LogP contribution in [0.25, 0.3) is 10.2 Å². The molecule has 2 aromatic rings. The maximum Gasteiger partial charge on any atom is 0.263 e. The number of nitrogens with zero attached hydrogens (tertiary/aromatic N) is 2. The number of aromatic nitrogens is 2. The minimum absolute atomic E-state index is 0.0408. The standard InChI is InChI=1S/C22H28N2O2S2/c1-4-24-20(26)18-12(2)13(3)28-19(18)23-21(24)27-11-17(25)22-8-14-5-15(9-22)7-16(6-14)10-22/h14-16H,4-11H2,1-3H3. The summed E-state index contributed by atoms with van der Waals surface area (Å²) < 4.78 is 1.75. The maximum absolute atomic E-state index is 13.3. The van der Waals surface area contributed by atoms with Crippen LogP contribution >= 0.6 is 23.1 Å². The summed E-state index contributed by atoms with van der Waals surface area (Å²) in [5.41, 5.74) is 1.01. The van der Waals surface area contributed by atoms with Crippen LogP contribution in [0.1, 0.15) is 55.9 Å². The van der Waals surface area contributed by atoms with E-state index in [1.165, 1.54) is 31.0 Å². The third-order valence-corrected chi connectivity index (χ3v) is 9.61. The van der Waals surface area contributed by atoms with Gasteiger partial charge in [0.15, 0.2) is 5.16 Å². The molecular weight excluding hydrogens is 388 g/mol. The van der Waals surface area contributed by atoms with Crippen molar-refractivity contribution in [1.29, 1.82) is 0 Å². The summed E-state index contributed by atoms with van der Waals surface area (Å²) in [6, 6.07) is 0. The fourth-order valence-electron chi connectivity index (χ4n) is 6.43. The van der Waals surface area contributed by atoms with Gasteiger partial charge in [-0.05, 0) is 82.6 Å². The Balaban J connectivity index is 1.42. The number of thioether (sulfide) groups is 1. The molecule has 0 aromatic carbocycles. The Labute approximate surface area is 174 Å². The molecule has 150 valence electrons. The molecule has 0 radical (unpaired) electrons. The Morgan fingerprint density at radius 1 is 1.18 bits per heavy atom. The average Bonchev–Trinajstić information content (AvgIpc) is 2.92. The Morgan fingerprint density at radius 3 is 2.36 bits per heavy atom. The number of aryl methyl sites for hydroxylation is 2. The van der Waals surface area contributed by atoms with Gasteiger partial charge in [0.2, 0.25) is 0 Å². The molecule has 0 aliphatic heterocycles. The van der Waals surface area contributed by atoms with Crippen LogP contribution in [0, 0.1) is 37.0 Å². The van der Waals surface area contributed by atoms with Gasteiger partial charge in [-0.25, -0.2) is 4.98 Å². The molecular formula is C22H28N2O2S2. The van der Waals surface area contributed by atoms with E-state index in [0.29, 0.717) is 23.2 Å². The highest BCUT2D eigenvalue weighted by Gasteiger charge is 2.54. The summed E-state index contributed by atoms with van der Waals surface area (Å²) in [7, 11) is 0. The molecule has 4 fully saturated rings. The van der Waals surface area contributed by atoms with E-state index in [1.54, 1.807) is 15.9 Å². The van der Waals surface area contributed by atoms with Gasteiger partial charge in [-0.2, -0.15) is 0 Å². The van der Waals surface area contributed by atoms with Crippen molar-refractivity contribution in [1.82, 2.24) is 9.55 Å². The van der Waals surface area contributed by atoms with Gasteiger partial charge in [0.05, 0.1) is 11.1 Å². The lowest BCUT2D eigenvalue weighted by molar-refractivity contribution is -0.141. The first-order valence-electron chi connectivity index (χ1n) is 10.6. The Hall–Kier alpha value is -1.14. The Morgan fingerprint density at radius 2 is 1.79 bits per heavy atom. The third kappa shape index (κ3) is 2.82. The van der Waals surface area contributed by atoms with E-state index in [2.05, 4.69) is 0 Å². The number of thiophene rings is 1. The van der Waals surface area contributed by atoms with Crippen LogP contribution in [0.4, 0.5) is 0 Å². The number of carbonyl (C=O) groups is 1. The van der Waals surface area contributed by atoms with Gasteiger partial charge in [0, 0.05) is 16.8 Å². The molecule has 28 heavy (non-hydrogen) atoms. The van der Waals surface area contributed by atoms with Crippen molar-refractivity contribution in [3.05, 3.63) is 20.8 Å². The van der Waals surface area contributed by atoms with E-state index >= 15 is 0 Å². The molecule has 0 atom stereocenters. The number of hydrogen-bond donors (Lipinski definition) is 0. The highest BCUT2D eigenvalue weighted by atomic mass is 32.2. The first-order chi connectivity index (χ1) is 13.4. The maximum atomic E-state index is 13.3. The van der Waals surface area contributed by atoms with Crippen molar-refractivity contribution < 1.29 is 4.79 Å². The summed E-state index contributed by atoms with van der Waals surface area (Å²) in [5.74, 6) is 3.20. The summed E-state index contributed by atoms with van der Waals surface area (Å²) in [5, 5.41) is 1.46. The third-order valence-electron chi connectivity index (χ3n) is 7.53. The lowest BCUT2D eigenvalue weighted by atomic mass is 9.48. The molecule has 4 aliphatic carbocycles. The molecule has 6 rings (SSSR count). The molecule has 0 N–H and O–H groups in total. The molecule has 4 bridgehead atoms. The number of carbonyl (C=O) groups excluding carboxylic acids is 1. The number of fused-ring (bicyclic) bond motifs is 1. The molecule has 0 saturated heterocycles. The van der Waals surface area contributed by atoms with Crippen molar-refractivity contribution in [3.63, 3.8) is 0 Å². The molecule has 4 aliphatic rings. The predicted molar refractivity (Wildman–Crippen MR) is 115 cm³/mol. The van der Waals surface area contributed by atoms with Crippen LogP contribution in [0.5, 0.6) is 0 Å². The quantitative estimate of drug-likeness (QED) is 0.510. The van der Waals surface area contributed by atoms with Gasteiger partial charge in [0.25, 0.3) is 5.56 Å². The van der Waals surface area contributed by atoms with Gasteiger partial charge in [-0.1, -0.05) is 11.8 Å². The molecule has 0 unspecified atom stereocenters. The second-order valence-corrected chi connectivity index (χ2v) is 11.5. The largest absolute Gasteiger partial charge is 0.298 e. The van der Waals surface area contributed by atoms with E-state index in [9.17, 15) is 9.59 Å². The van der Waals surface area contributed by atoms with Gasteiger partial charge in [-0.3, -0.25) is 14.2 Å². The molecule has 4 nitrogen and oxygen atoms in total. The van der Waals surface area contributed by atoms with E-state index in [-0.39, 0.29) is 11.0 Å². The summed E-state index contributed by atoms with van der Waals surface area (Å²) in [6.45, 7) is 6.61. The zero-order valence-electron chi connectivity index (χ0n) is 16.9. The first-order valence-corrected chi connectivity index (χ1v) is 12.4. The lowest BCUT2D eigenvalue weighted by Crippen LogP contribution is -2.50. The number of rotatable bonds is 5. The van der Waals surface area contributed by atoms with Crippen LogP contribution < -0.4 is 5.56 Å². The summed E-state index contributed by atoms with van der Waals surface area (Å²) >= 11 is 3.07. The number of ketones is 1. The monoisotopic (exact) mass is 416 g/mol. The van der Waals surface area contributed by atoms with Crippen LogP contribution in [-0.4, -0.2) is 21.1 Å². The number of Topliss-reactive ketones (excluding diaryl/α,β-unsaturated/α-hetero) is 1. The van der Waals surface area contributed by atoms with Gasteiger partial charge in [-0.15, -0.1) is 11.3 Å². The second kappa shape index (κ2) is 6.69. The van der Waals surface area contributed by atoms with E-state index < -0.39 is 0 Å². The molecule has 2 aromatic heterocycles. The minimum atomic E-state index is -0.0701. The van der Waals surface area contributed by atoms with Crippen LogP contribution in [-0.2, 0) is 11.3 Å². The smallest absolute Gasteiger partial charge is 0.263 e. The topological polar surface area (TPSA) is 52.0 Å². The highest BCUT2D eigenvalue weighted by Crippen LogP contribution is 2.60. The first kappa shape index (κ1) is 18.9. The van der Waals surface area contributed by atoms with E-state index in [0.717, 1.165) is 57.7 Å². The normalized spacial score (nSPS) is 31.0. The van der Waals surface area contributed by atoms with Gasteiger partial charge in [0.1, 0.15) is 10.6 Å². The lowest BCUT2D eigenvalue weighted by Gasteiger charge is -2.56. The van der Waals surface area contributed by atoms with Crippen LogP contribution in [0.2, 0.25) is 0 Å². The fraction of sp³-hybridized carbons (Fsp3) is 0.682. The van der Waals surface area contributed by atoms with Gasteiger partial charge >= 0.3 is 0 Å². The molecule has 2 heterocycles. The van der Waals surface area contributed by atoms with Crippen molar-refractivity contribution in [3.8, 4) is 0 Å². The summed E-state index contributed by atoms with van der Waals surface area (Å²) in [4.78, 5) is 33.1. The van der Waals surface area contributed by atoms with Crippen LogP contribution in [0.15, 0.2) is 9.95 Å². The molecule has 4 saturated carbocycles. The van der Waals surface area contributed by atoms with Crippen LogP contribution in [0.3, 0.4) is 0 Å². The van der Waals surface area contributed by atoms with Crippen molar-refractivity contribution >= 4 is 39.1 Å². The zero-order valence-corrected chi connectivity index (χ0v) is 18.5. The Bertz CT molecular complexity index is 984. The predicted octanol–water partition coefficient (Wildman–Crippen LogP) is 4.97. The second-order valence-electron chi connectivity index (χ2n) is 9.32.